The number of alkyl halides is 3. The number of carbonyl (C=O) groups excluding carboxylic acids is 2. The quantitative estimate of drug-likeness (QED) is 0.0940. The average molecular weight is 724 g/mol. The average Bonchev–Trinajstić information content (AvgIpc) is 3.00. The van der Waals surface area contributed by atoms with Crippen LogP contribution in [0.3, 0.4) is 0 Å². The van der Waals surface area contributed by atoms with Gasteiger partial charge in [-0.25, -0.2) is 22.7 Å². The number of aliphatic hydroxyl groups excluding tert-OH is 1. The van der Waals surface area contributed by atoms with Crippen LogP contribution in [0.25, 0.3) is 0 Å². The van der Waals surface area contributed by atoms with E-state index >= 15 is 0 Å². The van der Waals surface area contributed by atoms with Crippen LogP contribution in [0.5, 0.6) is 0 Å². The first-order chi connectivity index (χ1) is 22.7. The number of aliphatic hydroxyl groups is 1. The monoisotopic (exact) mass is 723 g/mol. The molecule has 3 rings (SSSR count). The number of benzene rings is 1. The maximum absolute atomic E-state index is 13.2. The van der Waals surface area contributed by atoms with Crippen LogP contribution in [0.1, 0.15) is 48.0 Å². The molecule has 49 heavy (non-hydrogen) atoms. The molecule has 0 aromatic heterocycles. The third kappa shape index (κ3) is 13.4. The van der Waals surface area contributed by atoms with Gasteiger partial charge in [0.05, 0.1) is 23.9 Å². The first-order valence-corrected chi connectivity index (χ1v) is 16.4. The number of sulfonamides is 1. The molecule has 1 unspecified atom stereocenters. The fourth-order valence-electron chi connectivity index (χ4n) is 5.16. The highest BCUT2D eigenvalue weighted by molar-refractivity contribution is 7.88. The molecule has 0 spiro atoms. The normalized spacial score (nSPS) is 19.1. The Balaban J connectivity index is 0.00000107. The van der Waals surface area contributed by atoms with Crippen molar-refractivity contribution in [2.24, 2.45) is 17.4 Å². The number of carboxylic acid groups (broad SMARTS) is 2. The largest absolute Gasteiger partial charge is 0.490 e. The summed E-state index contributed by atoms with van der Waals surface area (Å²) in [5, 5.41) is 47.0. The van der Waals surface area contributed by atoms with E-state index in [2.05, 4.69) is 15.4 Å². The molecule has 0 saturated carbocycles. The van der Waals surface area contributed by atoms with Gasteiger partial charge >= 0.3 is 18.1 Å². The topological polar surface area (TPSA) is 305 Å². The molecule has 3 atom stereocenters. The third-order valence-electron chi connectivity index (χ3n) is 7.61. The van der Waals surface area contributed by atoms with E-state index in [9.17, 15) is 46.2 Å². The lowest BCUT2D eigenvalue weighted by molar-refractivity contribution is -0.192. The fraction of sp³-hybridized carbons (Fsp3) is 0.556. The van der Waals surface area contributed by atoms with Crippen LogP contribution in [0.2, 0.25) is 0 Å². The molecule has 1 aromatic carbocycles. The number of nitrogens with one attached hydrogen (secondary N) is 5. The number of nitrogens with two attached hydrogens (primary N) is 2. The second-order valence-electron chi connectivity index (χ2n) is 11.3. The van der Waals surface area contributed by atoms with Gasteiger partial charge in [-0.05, 0) is 55.7 Å². The van der Waals surface area contributed by atoms with Gasteiger partial charge in [0.15, 0.2) is 11.9 Å². The number of piperidine rings is 2. The van der Waals surface area contributed by atoms with Crippen LogP contribution >= 0.6 is 0 Å². The van der Waals surface area contributed by atoms with E-state index in [1.54, 1.807) is 4.90 Å². The maximum Gasteiger partial charge on any atom is 0.490 e. The van der Waals surface area contributed by atoms with Crippen LogP contribution in [0.4, 0.5) is 13.2 Å². The standard InChI is InChI=1S/C25H39N9O7S.C2HF3O2/c26-24(27)33-9-6-15(7-10-33)12-19(32-42(40,41)14-16-3-1-4-17(11-16)23(38)39)21(36)30-13-20(35)31-18-5-2-8-34(22(18)37)25(28)29;3-2(4,5)1(6)7/h1,3-4,11,15,18-19,22,32,37H,2,5-10,12-14H2,(H3,26,27)(H3,28,29)(H,30,36)(H,31,35)(H,38,39);(H,6,7)/t18-,19+,22?;/m0./s1. The molecule has 2 aliphatic rings. The van der Waals surface area contributed by atoms with E-state index in [0.717, 1.165) is 0 Å². The second kappa shape index (κ2) is 17.6. The van der Waals surface area contributed by atoms with Gasteiger partial charge in [-0.15, -0.1) is 0 Å². The van der Waals surface area contributed by atoms with E-state index < -0.39 is 70.6 Å². The van der Waals surface area contributed by atoms with Crippen molar-refractivity contribution >= 4 is 45.7 Å². The van der Waals surface area contributed by atoms with Gasteiger partial charge in [0.1, 0.15) is 12.3 Å². The molecule has 12 N–H and O–H groups in total. The van der Waals surface area contributed by atoms with E-state index in [1.165, 1.54) is 29.2 Å². The van der Waals surface area contributed by atoms with Crippen LogP contribution in [-0.2, 0) is 30.2 Å². The number of rotatable bonds is 11. The number of hydrogen-bond acceptors (Lipinski definition) is 9. The number of halogens is 3. The number of nitrogens with zero attached hydrogens (tertiary/aromatic N) is 2. The minimum absolute atomic E-state index is 0.0624. The van der Waals surface area contributed by atoms with Gasteiger partial charge in [-0.3, -0.25) is 20.4 Å². The number of guanidine groups is 2. The van der Waals surface area contributed by atoms with Crippen molar-refractivity contribution in [2.75, 3.05) is 26.2 Å². The Labute approximate surface area is 279 Å². The lowest BCUT2D eigenvalue weighted by atomic mass is 9.90. The molecule has 2 fully saturated rings. The number of carboxylic acids is 2. The Kier molecular flexibility index (Phi) is 14.6. The van der Waals surface area contributed by atoms with Crippen LogP contribution in [0.15, 0.2) is 24.3 Å². The zero-order valence-corrected chi connectivity index (χ0v) is 26.9. The highest BCUT2D eigenvalue weighted by Crippen LogP contribution is 2.23. The van der Waals surface area contributed by atoms with E-state index in [0.29, 0.717) is 45.3 Å². The molecule has 18 nitrogen and oxygen atoms in total. The molecular weight excluding hydrogens is 683 g/mol. The van der Waals surface area contributed by atoms with Gasteiger partial charge in [0, 0.05) is 19.6 Å². The van der Waals surface area contributed by atoms with Crippen LogP contribution < -0.4 is 26.8 Å². The first-order valence-electron chi connectivity index (χ1n) is 14.8. The fourth-order valence-corrected chi connectivity index (χ4v) is 6.50. The number of carbonyl (C=O) groups is 4. The highest BCUT2D eigenvalue weighted by atomic mass is 32.2. The number of aromatic carboxylic acids is 1. The third-order valence-corrected chi connectivity index (χ3v) is 8.97. The molecule has 0 bridgehead atoms. The van der Waals surface area contributed by atoms with Crippen molar-refractivity contribution in [3.05, 3.63) is 35.4 Å². The molecule has 2 aliphatic heterocycles. The van der Waals surface area contributed by atoms with Crippen molar-refractivity contribution < 1.29 is 56.1 Å². The summed E-state index contributed by atoms with van der Waals surface area (Å²) < 4.78 is 60.3. The van der Waals surface area contributed by atoms with Gasteiger partial charge in [0.2, 0.25) is 21.8 Å². The summed E-state index contributed by atoms with van der Waals surface area (Å²) in [6.45, 7) is 0.843. The van der Waals surface area contributed by atoms with Gasteiger partial charge < -0.3 is 47.2 Å². The zero-order valence-electron chi connectivity index (χ0n) is 26.1. The van der Waals surface area contributed by atoms with Crippen molar-refractivity contribution in [1.29, 1.82) is 10.8 Å². The smallest absolute Gasteiger partial charge is 0.478 e. The lowest BCUT2D eigenvalue weighted by Crippen LogP contribution is -2.59. The van der Waals surface area contributed by atoms with Crippen molar-refractivity contribution in [1.82, 2.24) is 25.2 Å². The van der Waals surface area contributed by atoms with Crippen LogP contribution in [-0.4, -0.2) is 120 Å². The summed E-state index contributed by atoms with van der Waals surface area (Å²) in [6, 6.07) is 3.53. The number of aliphatic carboxylic acids is 1. The summed E-state index contributed by atoms with van der Waals surface area (Å²) >= 11 is 0. The van der Waals surface area contributed by atoms with Gasteiger partial charge in [-0.2, -0.15) is 13.2 Å². The van der Waals surface area contributed by atoms with Crippen molar-refractivity contribution in [3.8, 4) is 0 Å². The Morgan fingerprint density at radius 2 is 1.63 bits per heavy atom. The summed E-state index contributed by atoms with van der Waals surface area (Å²) in [6.07, 6.45) is -4.00. The molecule has 2 amide bonds. The summed E-state index contributed by atoms with van der Waals surface area (Å²) in [5.41, 5.74) is 11.2. The predicted molar refractivity (Wildman–Crippen MR) is 166 cm³/mol. The minimum Gasteiger partial charge on any atom is -0.478 e. The van der Waals surface area contributed by atoms with E-state index in [1.807, 2.05) is 0 Å². The van der Waals surface area contributed by atoms with E-state index in [-0.39, 0.29) is 35.4 Å². The molecule has 2 heterocycles. The summed E-state index contributed by atoms with van der Waals surface area (Å²) in [7, 11) is -4.12. The first kappa shape index (κ1) is 40.5. The van der Waals surface area contributed by atoms with Crippen LogP contribution in [0, 0.1) is 16.7 Å². The summed E-state index contributed by atoms with van der Waals surface area (Å²) in [5.74, 6) is -6.32. The Bertz CT molecular complexity index is 1490. The molecule has 2 saturated heterocycles. The van der Waals surface area contributed by atoms with Crippen molar-refractivity contribution in [2.45, 2.75) is 62.3 Å². The molecule has 274 valence electrons. The van der Waals surface area contributed by atoms with E-state index in [4.69, 9.17) is 32.2 Å². The SMILES string of the molecule is N=C(N)N1CCC(C[C@@H](NS(=O)(=O)Cc2cccc(C(=O)O)c2)C(=O)NCC(=O)N[C@H]2CCCN(C(=N)N)C2O)CC1.O=C(O)C(F)(F)F. The summed E-state index contributed by atoms with van der Waals surface area (Å²) in [4.78, 5) is 48.9. The molecule has 22 heteroatoms. The number of amides is 2. The number of likely N-dealkylation sites (tertiary alicyclic amines) is 2. The van der Waals surface area contributed by atoms with Crippen molar-refractivity contribution in [3.63, 3.8) is 0 Å². The molecular formula is C27H40F3N9O9S. The molecule has 1 aromatic rings. The van der Waals surface area contributed by atoms with Gasteiger partial charge in [0.25, 0.3) is 0 Å². The molecule has 0 radical (unpaired) electrons. The Morgan fingerprint density at radius 1 is 1.02 bits per heavy atom. The predicted octanol–water partition coefficient (Wildman–Crippen LogP) is -1.29. The zero-order chi connectivity index (χ0) is 37.1. The number of hydrogen-bond donors (Lipinski definition) is 10. The maximum atomic E-state index is 13.2. The van der Waals surface area contributed by atoms with Gasteiger partial charge in [-0.1, -0.05) is 12.1 Å². The minimum atomic E-state index is -5.08. The lowest BCUT2D eigenvalue weighted by Gasteiger charge is -2.38. The highest BCUT2D eigenvalue weighted by Gasteiger charge is 2.38. The second-order valence-corrected chi connectivity index (χ2v) is 13.1. The Morgan fingerprint density at radius 3 is 2.16 bits per heavy atom. The molecule has 0 aliphatic carbocycles. The Hall–Kier alpha value is -4.70.